The van der Waals surface area contributed by atoms with Gasteiger partial charge in [-0.1, -0.05) is 60.5 Å². The van der Waals surface area contributed by atoms with Crippen molar-refractivity contribution in [3.8, 4) is 29.0 Å². The molecule has 0 amide bonds. The molecule has 0 saturated carbocycles. The summed E-state index contributed by atoms with van der Waals surface area (Å²) in [5.41, 5.74) is 4.25. The highest BCUT2D eigenvalue weighted by atomic mass is 16.5. The third kappa shape index (κ3) is 4.60. The number of rotatable bonds is 3. The van der Waals surface area contributed by atoms with E-state index in [0.717, 1.165) is 22.3 Å². The molecule has 0 aliphatic rings. The van der Waals surface area contributed by atoms with E-state index in [1.807, 2.05) is 60.7 Å². The zero-order valence-corrected chi connectivity index (χ0v) is 14.0. The molecule has 0 radical (unpaired) electrons. The maximum absolute atomic E-state index is 11.8. The van der Waals surface area contributed by atoms with E-state index in [2.05, 4.69) is 11.8 Å². The summed E-state index contributed by atoms with van der Waals surface area (Å²) in [6.07, 6.45) is 0. The Labute approximate surface area is 152 Å². The van der Waals surface area contributed by atoms with Crippen molar-refractivity contribution in [1.82, 2.24) is 0 Å². The summed E-state index contributed by atoms with van der Waals surface area (Å²) in [5.74, 6) is 4.69. The first-order chi connectivity index (χ1) is 12.7. The van der Waals surface area contributed by atoms with Crippen LogP contribution in [0.25, 0.3) is 11.1 Å². The lowest BCUT2D eigenvalue weighted by Gasteiger charge is -2.01. The van der Waals surface area contributed by atoms with E-state index in [1.54, 1.807) is 24.3 Å². The van der Waals surface area contributed by atoms with Gasteiger partial charge in [0.2, 0.25) is 0 Å². The molecule has 124 valence electrons. The Hall–Kier alpha value is -3.82. The lowest BCUT2D eigenvalue weighted by atomic mass is 10.0. The van der Waals surface area contributed by atoms with E-state index < -0.39 is 5.97 Å². The van der Waals surface area contributed by atoms with Gasteiger partial charge in [-0.3, -0.25) is 0 Å². The maximum Gasteiger partial charge on any atom is 0.385 e. The second-order valence-corrected chi connectivity index (χ2v) is 5.58. The highest BCUT2D eigenvalue weighted by Crippen LogP contribution is 2.18. The molecule has 0 saturated heterocycles. The number of hydrogen-bond donors (Lipinski definition) is 0. The molecule has 0 aliphatic carbocycles. The largest absolute Gasteiger partial charge is 0.451 e. The van der Waals surface area contributed by atoms with Gasteiger partial charge in [0, 0.05) is 11.5 Å². The quantitative estimate of drug-likeness (QED) is 0.528. The van der Waals surface area contributed by atoms with E-state index >= 15 is 0 Å². The zero-order chi connectivity index (χ0) is 18.2. The monoisotopic (exact) mass is 337 g/mol. The van der Waals surface area contributed by atoms with E-state index in [4.69, 9.17) is 10.00 Å². The van der Waals surface area contributed by atoms with Crippen LogP contribution in [0.2, 0.25) is 0 Å². The van der Waals surface area contributed by atoms with Crippen LogP contribution in [0.5, 0.6) is 0 Å². The highest BCUT2D eigenvalue weighted by Gasteiger charge is 2.01. The summed E-state index contributed by atoms with van der Waals surface area (Å²) in [7, 11) is 0. The van der Waals surface area contributed by atoms with E-state index in [1.165, 1.54) is 0 Å². The van der Waals surface area contributed by atoms with Gasteiger partial charge in [0.25, 0.3) is 0 Å². The van der Waals surface area contributed by atoms with Gasteiger partial charge < -0.3 is 4.74 Å². The van der Waals surface area contributed by atoms with Crippen LogP contribution in [0.3, 0.4) is 0 Å². The number of benzene rings is 3. The first-order valence-corrected chi connectivity index (χ1v) is 8.08. The molecule has 0 bridgehead atoms. The summed E-state index contributed by atoms with van der Waals surface area (Å²) in [6.45, 7) is 0.0932. The topological polar surface area (TPSA) is 50.1 Å². The number of carbonyl (C=O) groups excluding carboxylic acids is 1. The Balaban J connectivity index is 1.60. The molecule has 26 heavy (non-hydrogen) atoms. The fraction of sp³-hybridized carbons (Fsp3) is 0.0435. The van der Waals surface area contributed by atoms with Crippen molar-refractivity contribution in [1.29, 1.82) is 5.26 Å². The molecular weight excluding hydrogens is 322 g/mol. The summed E-state index contributed by atoms with van der Waals surface area (Å²) >= 11 is 0. The van der Waals surface area contributed by atoms with Crippen LogP contribution in [-0.2, 0) is 16.1 Å². The molecule has 0 fully saturated rings. The SMILES string of the molecule is N#Cc1cccc(COC(=O)C#Cc2ccc(-c3ccccc3)cc2)c1. The molecule has 3 aromatic carbocycles. The second-order valence-electron chi connectivity index (χ2n) is 5.58. The van der Waals surface area contributed by atoms with E-state index in [9.17, 15) is 4.79 Å². The van der Waals surface area contributed by atoms with Gasteiger partial charge in [-0.25, -0.2) is 4.79 Å². The van der Waals surface area contributed by atoms with E-state index in [-0.39, 0.29) is 6.61 Å². The lowest BCUT2D eigenvalue weighted by molar-refractivity contribution is -0.137. The number of carbonyl (C=O) groups is 1. The van der Waals surface area contributed by atoms with Crippen molar-refractivity contribution < 1.29 is 9.53 Å². The summed E-state index contributed by atoms with van der Waals surface area (Å²) in [5, 5.41) is 8.86. The van der Waals surface area contributed by atoms with Gasteiger partial charge in [0.05, 0.1) is 11.6 Å². The summed E-state index contributed by atoms with van der Waals surface area (Å²) < 4.78 is 5.12. The first-order valence-electron chi connectivity index (χ1n) is 8.08. The second kappa shape index (κ2) is 8.33. The smallest absolute Gasteiger partial charge is 0.385 e. The average Bonchev–Trinajstić information content (AvgIpc) is 2.72. The van der Waals surface area contributed by atoms with Crippen LogP contribution in [0.1, 0.15) is 16.7 Å². The fourth-order valence-corrected chi connectivity index (χ4v) is 2.42. The molecule has 3 nitrogen and oxygen atoms in total. The minimum Gasteiger partial charge on any atom is -0.451 e. The number of ether oxygens (including phenoxy) is 1. The van der Waals surface area contributed by atoms with Crippen molar-refractivity contribution in [3.63, 3.8) is 0 Å². The third-order valence-corrected chi connectivity index (χ3v) is 3.73. The van der Waals surface area contributed by atoms with Crippen molar-refractivity contribution in [3.05, 3.63) is 95.6 Å². The zero-order valence-electron chi connectivity index (χ0n) is 14.0. The molecule has 3 heteroatoms. The van der Waals surface area contributed by atoms with Crippen LogP contribution in [-0.4, -0.2) is 5.97 Å². The minimum absolute atomic E-state index is 0.0932. The molecule has 0 heterocycles. The molecular formula is C23H15NO2. The van der Waals surface area contributed by atoms with Gasteiger partial charge >= 0.3 is 5.97 Å². The van der Waals surface area contributed by atoms with Gasteiger partial charge in [0.15, 0.2) is 0 Å². The number of nitrogens with zero attached hydrogens (tertiary/aromatic N) is 1. The molecule has 0 aromatic heterocycles. The van der Waals surface area contributed by atoms with Gasteiger partial charge in [-0.15, -0.1) is 0 Å². The normalized spacial score (nSPS) is 9.50. The Bertz CT molecular complexity index is 1000. The summed E-state index contributed by atoms with van der Waals surface area (Å²) in [4.78, 5) is 11.8. The lowest BCUT2D eigenvalue weighted by Crippen LogP contribution is -2.01. The van der Waals surface area contributed by atoms with Crippen molar-refractivity contribution in [2.24, 2.45) is 0 Å². The predicted octanol–water partition coefficient (Wildman–Crippen LogP) is 4.32. The minimum atomic E-state index is -0.598. The number of hydrogen-bond acceptors (Lipinski definition) is 3. The van der Waals surface area contributed by atoms with Crippen molar-refractivity contribution in [2.45, 2.75) is 6.61 Å². The molecule has 0 aliphatic heterocycles. The average molecular weight is 337 g/mol. The van der Waals surface area contributed by atoms with Crippen molar-refractivity contribution in [2.75, 3.05) is 0 Å². The standard InChI is InChI=1S/C23H15NO2/c24-16-19-5-4-6-20(15-19)17-26-23(25)14-11-18-9-12-22(13-10-18)21-7-2-1-3-8-21/h1-10,12-13,15H,17H2. The third-order valence-electron chi connectivity index (χ3n) is 3.73. The number of nitriles is 1. The predicted molar refractivity (Wildman–Crippen MR) is 99.7 cm³/mol. The summed E-state index contributed by atoms with van der Waals surface area (Å²) in [6, 6.07) is 26.7. The van der Waals surface area contributed by atoms with Gasteiger partial charge in [-0.2, -0.15) is 5.26 Å². The molecule has 3 rings (SSSR count). The van der Waals surface area contributed by atoms with Crippen LogP contribution in [0, 0.1) is 23.2 Å². The Kier molecular flexibility index (Phi) is 5.45. The highest BCUT2D eigenvalue weighted by molar-refractivity contribution is 5.89. The van der Waals surface area contributed by atoms with Crippen LogP contribution in [0.15, 0.2) is 78.9 Å². The fourth-order valence-electron chi connectivity index (χ4n) is 2.42. The van der Waals surface area contributed by atoms with Crippen LogP contribution < -0.4 is 0 Å². The maximum atomic E-state index is 11.8. The molecule has 0 atom stereocenters. The molecule has 3 aromatic rings. The Morgan fingerprint density at radius 2 is 1.58 bits per heavy atom. The van der Waals surface area contributed by atoms with Crippen LogP contribution >= 0.6 is 0 Å². The van der Waals surface area contributed by atoms with E-state index in [0.29, 0.717) is 5.56 Å². The van der Waals surface area contributed by atoms with Gasteiger partial charge in [-0.05, 0) is 41.0 Å². The molecule has 0 unspecified atom stereocenters. The molecule has 0 spiro atoms. The Morgan fingerprint density at radius 1 is 0.846 bits per heavy atom. The number of esters is 1. The first kappa shape index (κ1) is 17.0. The van der Waals surface area contributed by atoms with Crippen LogP contribution in [0.4, 0.5) is 0 Å². The Morgan fingerprint density at radius 3 is 2.31 bits per heavy atom. The molecule has 0 N–H and O–H groups in total. The van der Waals surface area contributed by atoms with Crippen molar-refractivity contribution >= 4 is 5.97 Å². The van der Waals surface area contributed by atoms with Gasteiger partial charge in [0.1, 0.15) is 6.61 Å².